The zero-order valence-corrected chi connectivity index (χ0v) is 9.68. The molecule has 0 spiro atoms. The zero-order chi connectivity index (χ0) is 14.0. The number of halogens is 3. The van der Waals surface area contributed by atoms with Crippen molar-refractivity contribution in [3.05, 3.63) is 29.8 Å². The van der Waals surface area contributed by atoms with Gasteiger partial charge in [-0.3, -0.25) is 4.79 Å². The summed E-state index contributed by atoms with van der Waals surface area (Å²) in [6.45, 7) is -0.358. The van der Waals surface area contributed by atoms with E-state index in [1.54, 1.807) is 5.32 Å². The van der Waals surface area contributed by atoms with E-state index < -0.39 is 22.1 Å². The minimum absolute atomic E-state index is 0.159. The quantitative estimate of drug-likeness (QED) is 0.846. The molecule has 0 aliphatic carbocycles. The molecule has 0 unspecified atom stereocenters. The van der Waals surface area contributed by atoms with Gasteiger partial charge in [0.15, 0.2) is 0 Å². The van der Waals surface area contributed by atoms with Crippen LogP contribution in [0.15, 0.2) is 29.2 Å². The van der Waals surface area contributed by atoms with Crippen molar-refractivity contribution in [2.45, 2.75) is 17.6 Å². The summed E-state index contributed by atoms with van der Waals surface area (Å²) in [6, 6.07) is 4.81. The second-order valence-corrected chi connectivity index (χ2v) is 4.93. The molecule has 0 saturated heterocycles. The van der Waals surface area contributed by atoms with Crippen LogP contribution in [0.2, 0.25) is 0 Å². The van der Waals surface area contributed by atoms with Gasteiger partial charge in [-0.15, -0.1) is 0 Å². The van der Waals surface area contributed by atoms with Crippen LogP contribution in [0.1, 0.15) is 5.56 Å². The first kappa shape index (κ1) is 14.5. The van der Waals surface area contributed by atoms with Gasteiger partial charge in [-0.2, -0.15) is 13.2 Å². The maximum absolute atomic E-state index is 11.9. The van der Waals surface area contributed by atoms with Crippen molar-refractivity contribution < 1.29 is 26.4 Å². The average Bonchev–Trinajstić information content (AvgIpc) is 2.24. The zero-order valence-electron chi connectivity index (χ0n) is 8.86. The minimum Gasteiger partial charge on any atom is -0.344 e. The Morgan fingerprint density at radius 1 is 1.22 bits per heavy atom. The molecule has 1 aromatic carbocycles. The molecule has 18 heavy (non-hydrogen) atoms. The fourth-order valence-electron chi connectivity index (χ4n) is 1.08. The molecule has 0 fully saturated rings. The van der Waals surface area contributed by atoms with Gasteiger partial charge in [-0.05, 0) is 17.7 Å². The number of nitrogens with two attached hydrogens (primary N) is 1. The summed E-state index contributed by atoms with van der Waals surface area (Å²) < 4.78 is 57.4. The van der Waals surface area contributed by atoms with E-state index in [1.807, 2.05) is 0 Å². The highest BCUT2D eigenvalue weighted by Crippen LogP contribution is 2.15. The van der Waals surface area contributed by atoms with Crippen molar-refractivity contribution in [1.82, 2.24) is 5.32 Å². The topological polar surface area (TPSA) is 89.3 Å². The van der Waals surface area contributed by atoms with E-state index in [0.717, 1.165) is 12.1 Å². The molecule has 0 saturated carbocycles. The Kier molecular flexibility index (Phi) is 3.97. The molecular weight excluding hydrogens is 273 g/mol. The summed E-state index contributed by atoms with van der Waals surface area (Å²) >= 11 is 0. The van der Waals surface area contributed by atoms with Crippen LogP contribution < -0.4 is 10.5 Å². The number of alkyl halides is 3. The van der Waals surface area contributed by atoms with Gasteiger partial charge in [-0.1, -0.05) is 12.1 Å². The SMILES string of the molecule is NS(=O)(=O)c1ccc(CNC(=O)C(F)(F)F)cc1. The lowest BCUT2D eigenvalue weighted by Crippen LogP contribution is -2.36. The molecule has 1 aromatic rings. The fraction of sp³-hybridized carbons (Fsp3) is 0.222. The van der Waals surface area contributed by atoms with Crippen molar-refractivity contribution in [3.8, 4) is 0 Å². The standard InChI is InChI=1S/C9H9F3N2O3S/c10-9(11,12)8(15)14-5-6-1-3-7(4-2-6)18(13,16)17/h1-4H,5H2,(H,14,15)(H2,13,16,17). The Bertz CT molecular complexity index is 537. The third-order valence-corrected chi connectivity index (χ3v) is 2.89. The smallest absolute Gasteiger partial charge is 0.344 e. The van der Waals surface area contributed by atoms with E-state index >= 15 is 0 Å². The van der Waals surface area contributed by atoms with Gasteiger partial charge in [0.2, 0.25) is 10.0 Å². The summed E-state index contributed by atoms with van der Waals surface area (Å²) in [6.07, 6.45) is -4.94. The molecule has 0 aliphatic rings. The summed E-state index contributed by atoms with van der Waals surface area (Å²) in [5, 5.41) is 6.49. The second-order valence-electron chi connectivity index (χ2n) is 3.37. The van der Waals surface area contributed by atoms with Crippen LogP contribution in [0.5, 0.6) is 0 Å². The maximum atomic E-state index is 11.9. The molecule has 0 radical (unpaired) electrons. The lowest BCUT2D eigenvalue weighted by Gasteiger charge is -2.08. The van der Waals surface area contributed by atoms with E-state index in [9.17, 15) is 26.4 Å². The molecule has 1 amide bonds. The van der Waals surface area contributed by atoms with Gasteiger partial charge in [0.05, 0.1) is 4.90 Å². The van der Waals surface area contributed by atoms with Gasteiger partial charge in [0, 0.05) is 6.54 Å². The molecule has 100 valence electrons. The van der Waals surface area contributed by atoms with Crippen molar-refractivity contribution in [3.63, 3.8) is 0 Å². The Hall–Kier alpha value is -1.61. The summed E-state index contributed by atoms with van der Waals surface area (Å²) in [5.41, 5.74) is 0.319. The number of hydrogen-bond acceptors (Lipinski definition) is 3. The van der Waals surface area contributed by atoms with E-state index in [4.69, 9.17) is 5.14 Å². The molecule has 0 aliphatic heterocycles. The molecule has 1 rings (SSSR count). The van der Waals surface area contributed by atoms with Crippen LogP contribution in [0, 0.1) is 0 Å². The Morgan fingerprint density at radius 3 is 2.11 bits per heavy atom. The summed E-state index contributed by atoms with van der Waals surface area (Å²) in [4.78, 5) is 10.4. The molecule has 3 N–H and O–H groups in total. The third kappa shape index (κ3) is 4.00. The number of rotatable bonds is 3. The van der Waals surface area contributed by atoms with Gasteiger partial charge in [-0.25, -0.2) is 13.6 Å². The van der Waals surface area contributed by atoms with Gasteiger partial charge in [0.1, 0.15) is 0 Å². The van der Waals surface area contributed by atoms with Crippen LogP contribution in [0.4, 0.5) is 13.2 Å². The fourth-order valence-corrected chi connectivity index (χ4v) is 1.59. The Balaban J connectivity index is 2.69. The Labute approximate surface area is 101 Å². The maximum Gasteiger partial charge on any atom is 0.471 e. The van der Waals surface area contributed by atoms with E-state index in [-0.39, 0.29) is 11.4 Å². The van der Waals surface area contributed by atoms with Crippen molar-refractivity contribution >= 4 is 15.9 Å². The van der Waals surface area contributed by atoms with Crippen molar-refractivity contribution in [2.75, 3.05) is 0 Å². The number of primary sulfonamides is 1. The number of nitrogens with one attached hydrogen (secondary N) is 1. The van der Waals surface area contributed by atoms with Crippen LogP contribution in [-0.4, -0.2) is 20.5 Å². The van der Waals surface area contributed by atoms with E-state index in [1.165, 1.54) is 12.1 Å². The molecule has 0 bridgehead atoms. The molecule has 0 atom stereocenters. The summed E-state index contributed by atoms with van der Waals surface area (Å²) in [5.74, 6) is -2.06. The number of amides is 1. The number of carbonyl (C=O) groups excluding carboxylic acids is 1. The largest absolute Gasteiger partial charge is 0.471 e. The number of sulfonamides is 1. The monoisotopic (exact) mass is 282 g/mol. The predicted octanol–water partition coefficient (Wildman–Crippen LogP) is 0.512. The molecule has 0 heterocycles. The van der Waals surface area contributed by atoms with Gasteiger partial charge >= 0.3 is 12.1 Å². The lowest BCUT2D eigenvalue weighted by molar-refractivity contribution is -0.173. The normalized spacial score (nSPS) is 12.2. The first-order valence-corrected chi connectivity index (χ1v) is 6.12. The first-order valence-electron chi connectivity index (χ1n) is 4.57. The highest BCUT2D eigenvalue weighted by molar-refractivity contribution is 7.89. The summed E-state index contributed by atoms with van der Waals surface area (Å²) in [7, 11) is -3.84. The molecule has 0 aromatic heterocycles. The van der Waals surface area contributed by atoms with Crippen molar-refractivity contribution in [2.24, 2.45) is 5.14 Å². The first-order chi connectivity index (χ1) is 8.10. The highest BCUT2D eigenvalue weighted by atomic mass is 32.2. The second kappa shape index (κ2) is 4.94. The number of carbonyl (C=O) groups is 1. The van der Waals surface area contributed by atoms with Crippen molar-refractivity contribution in [1.29, 1.82) is 0 Å². The highest BCUT2D eigenvalue weighted by Gasteiger charge is 2.38. The van der Waals surface area contributed by atoms with Gasteiger partial charge in [0.25, 0.3) is 0 Å². The predicted molar refractivity (Wildman–Crippen MR) is 55.7 cm³/mol. The Morgan fingerprint density at radius 2 is 1.72 bits per heavy atom. The number of hydrogen-bond donors (Lipinski definition) is 2. The third-order valence-electron chi connectivity index (χ3n) is 1.96. The van der Waals surface area contributed by atoms with Crippen LogP contribution in [0.25, 0.3) is 0 Å². The molecule has 9 heteroatoms. The molecular formula is C9H9F3N2O3S. The number of benzene rings is 1. The van der Waals surface area contributed by atoms with Gasteiger partial charge < -0.3 is 5.32 Å². The van der Waals surface area contributed by atoms with Crippen LogP contribution in [-0.2, 0) is 21.4 Å². The van der Waals surface area contributed by atoms with Crippen LogP contribution in [0.3, 0.4) is 0 Å². The van der Waals surface area contributed by atoms with Crippen LogP contribution >= 0.6 is 0 Å². The lowest BCUT2D eigenvalue weighted by atomic mass is 10.2. The average molecular weight is 282 g/mol. The minimum atomic E-state index is -4.94. The molecule has 5 nitrogen and oxygen atoms in total. The van der Waals surface area contributed by atoms with E-state index in [2.05, 4.69) is 0 Å². The van der Waals surface area contributed by atoms with E-state index in [0.29, 0.717) is 5.56 Å².